The maximum Gasteiger partial charge on any atom is 0.339 e. The number of aryl methyl sites for hydroxylation is 1. The lowest BCUT2D eigenvalue weighted by atomic mass is 10.1. The van der Waals surface area contributed by atoms with Crippen LogP contribution in [0.2, 0.25) is 0 Å². The smallest absolute Gasteiger partial charge is 0.339 e. The van der Waals surface area contributed by atoms with E-state index in [0.29, 0.717) is 11.3 Å². The fraction of sp³-hybridized carbons (Fsp3) is 0.250. The Morgan fingerprint density at radius 3 is 3.00 bits per heavy atom. The van der Waals surface area contributed by atoms with Crippen LogP contribution in [0.3, 0.4) is 0 Å². The SMILES string of the molecule is COC(=O)c1cncc(O[C@H]2CCc3ccc(N)cc32)c1. The summed E-state index contributed by atoms with van der Waals surface area (Å²) in [6, 6.07) is 7.53. The molecule has 2 aromatic rings. The molecule has 1 aromatic carbocycles. The van der Waals surface area contributed by atoms with Crippen molar-refractivity contribution in [2.45, 2.75) is 18.9 Å². The Morgan fingerprint density at radius 1 is 1.33 bits per heavy atom. The number of rotatable bonds is 3. The number of benzene rings is 1. The Balaban J connectivity index is 1.83. The zero-order valence-electron chi connectivity index (χ0n) is 11.7. The average molecular weight is 284 g/mol. The summed E-state index contributed by atoms with van der Waals surface area (Å²) in [5, 5.41) is 0. The topological polar surface area (TPSA) is 74.4 Å². The molecule has 0 aliphatic heterocycles. The second kappa shape index (κ2) is 5.44. The number of hydrogen-bond donors (Lipinski definition) is 1. The van der Waals surface area contributed by atoms with Gasteiger partial charge >= 0.3 is 5.97 Å². The van der Waals surface area contributed by atoms with E-state index in [1.165, 1.54) is 18.9 Å². The molecule has 2 N–H and O–H groups in total. The van der Waals surface area contributed by atoms with Gasteiger partial charge in [0.05, 0.1) is 18.9 Å². The Hall–Kier alpha value is -2.56. The molecule has 1 aliphatic rings. The molecule has 5 heteroatoms. The van der Waals surface area contributed by atoms with E-state index in [0.717, 1.165) is 24.1 Å². The van der Waals surface area contributed by atoms with Gasteiger partial charge < -0.3 is 15.2 Å². The van der Waals surface area contributed by atoms with Crippen LogP contribution < -0.4 is 10.5 Å². The third-order valence-corrected chi connectivity index (χ3v) is 3.61. The largest absolute Gasteiger partial charge is 0.484 e. The molecule has 0 amide bonds. The van der Waals surface area contributed by atoms with Gasteiger partial charge in [-0.15, -0.1) is 0 Å². The number of hydrogen-bond acceptors (Lipinski definition) is 5. The van der Waals surface area contributed by atoms with Crippen LogP contribution in [0.1, 0.15) is 34.0 Å². The number of carbonyl (C=O) groups excluding carboxylic acids is 1. The van der Waals surface area contributed by atoms with Gasteiger partial charge in [-0.25, -0.2) is 4.79 Å². The van der Waals surface area contributed by atoms with Crippen LogP contribution in [0.15, 0.2) is 36.7 Å². The summed E-state index contributed by atoms with van der Waals surface area (Å²) in [5.41, 5.74) is 9.31. The van der Waals surface area contributed by atoms with Crippen LogP contribution >= 0.6 is 0 Å². The molecular formula is C16H16N2O3. The maximum atomic E-state index is 11.5. The summed E-state index contributed by atoms with van der Waals surface area (Å²) < 4.78 is 10.6. The van der Waals surface area contributed by atoms with E-state index in [1.807, 2.05) is 18.2 Å². The highest BCUT2D eigenvalue weighted by Gasteiger charge is 2.24. The molecule has 0 unspecified atom stereocenters. The van der Waals surface area contributed by atoms with Gasteiger partial charge in [0.1, 0.15) is 11.9 Å². The van der Waals surface area contributed by atoms with Crippen LogP contribution in [0.25, 0.3) is 0 Å². The van der Waals surface area contributed by atoms with E-state index in [1.54, 1.807) is 12.3 Å². The van der Waals surface area contributed by atoms with Crippen molar-refractivity contribution in [3.05, 3.63) is 53.3 Å². The molecule has 5 nitrogen and oxygen atoms in total. The summed E-state index contributed by atoms with van der Waals surface area (Å²) in [4.78, 5) is 15.5. The van der Waals surface area contributed by atoms with E-state index in [-0.39, 0.29) is 6.10 Å². The minimum Gasteiger partial charge on any atom is -0.484 e. The molecule has 1 heterocycles. The molecule has 0 bridgehead atoms. The van der Waals surface area contributed by atoms with Crippen LogP contribution in [0.5, 0.6) is 5.75 Å². The minimum absolute atomic E-state index is 0.0572. The van der Waals surface area contributed by atoms with Gasteiger partial charge in [-0.2, -0.15) is 0 Å². The number of fused-ring (bicyclic) bond motifs is 1. The number of pyridine rings is 1. The second-order valence-electron chi connectivity index (χ2n) is 5.00. The van der Waals surface area contributed by atoms with Gasteiger partial charge in [-0.05, 0) is 42.2 Å². The monoisotopic (exact) mass is 284 g/mol. The number of carbonyl (C=O) groups is 1. The Kier molecular flexibility index (Phi) is 3.48. The number of aromatic nitrogens is 1. The number of nitrogens with two attached hydrogens (primary N) is 1. The predicted molar refractivity (Wildman–Crippen MR) is 78.1 cm³/mol. The minimum atomic E-state index is -0.427. The Bertz CT molecular complexity index is 685. The second-order valence-corrected chi connectivity index (χ2v) is 5.00. The lowest BCUT2D eigenvalue weighted by molar-refractivity contribution is 0.0599. The van der Waals surface area contributed by atoms with Crippen molar-refractivity contribution in [2.24, 2.45) is 0 Å². The van der Waals surface area contributed by atoms with Crippen molar-refractivity contribution in [1.82, 2.24) is 4.98 Å². The molecule has 0 fully saturated rings. The van der Waals surface area contributed by atoms with Gasteiger partial charge in [0.2, 0.25) is 0 Å². The molecule has 108 valence electrons. The van der Waals surface area contributed by atoms with Crippen LogP contribution in [0.4, 0.5) is 5.69 Å². The molecule has 0 spiro atoms. The Morgan fingerprint density at radius 2 is 2.19 bits per heavy atom. The molecule has 0 radical (unpaired) electrons. The zero-order chi connectivity index (χ0) is 14.8. The lowest BCUT2D eigenvalue weighted by Crippen LogP contribution is -2.06. The summed E-state index contributed by atoms with van der Waals surface area (Å²) in [6.45, 7) is 0. The number of nitrogen functional groups attached to an aromatic ring is 1. The van der Waals surface area contributed by atoms with E-state index >= 15 is 0 Å². The van der Waals surface area contributed by atoms with Crippen LogP contribution in [-0.2, 0) is 11.2 Å². The van der Waals surface area contributed by atoms with Crippen LogP contribution in [0, 0.1) is 0 Å². The first kappa shape index (κ1) is 13.4. The summed E-state index contributed by atoms with van der Waals surface area (Å²) in [5.74, 6) is 0.127. The first-order valence-corrected chi connectivity index (χ1v) is 6.75. The van der Waals surface area contributed by atoms with Crippen molar-refractivity contribution >= 4 is 11.7 Å². The van der Waals surface area contributed by atoms with E-state index in [9.17, 15) is 4.79 Å². The van der Waals surface area contributed by atoms with Crippen molar-refractivity contribution in [3.8, 4) is 5.75 Å². The predicted octanol–water partition coefficient (Wildman–Crippen LogP) is 2.52. The number of anilines is 1. The highest BCUT2D eigenvalue weighted by atomic mass is 16.5. The fourth-order valence-corrected chi connectivity index (χ4v) is 2.58. The zero-order valence-corrected chi connectivity index (χ0v) is 11.7. The molecule has 1 atom stereocenters. The lowest BCUT2D eigenvalue weighted by Gasteiger charge is -2.15. The number of methoxy groups -OCH3 is 1. The number of ether oxygens (including phenoxy) is 2. The molecular weight excluding hydrogens is 268 g/mol. The van der Waals surface area contributed by atoms with E-state index in [2.05, 4.69) is 9.72 Å². The van der Waals surface area contributed by atoms with E-state index < -0.39 is 5.97 Å². The molecule has 21 heavy (non-hydrogen) atoms. The third kappa shape index (κ3) is 2.67. The van der Waals surface area contributed by atoms with Gasteiger partial charge in [0.25, 0.3) is 0 Å². The van der Waals surface area contributed by atoms with E-state index in [4.69, 9.17) is 10.5 Å². The average Bonchev–Trinajstić information content (AvgIpc) is 2.89. The summed E-state index contributed by atoms with van der Waals surface area (Å²) in [7, 11) is 1.34. The summed E-state index contributed by atoms with van der Waals surface area (Å²) >= 11 is 0. The number of nitrogens with zero attached hydrogens (tertiary/aromatic N) is 1. The standard InChI is InChI=1S/C16H16N2O3/c1-20-16(19)11-6-13(9-18-8-11)21-15-5-3-10-2-4-12(17)7-14(10)15/h2,4,6-9,15H,3,5,17H2,1H3/t15-/m0/s1. The quantitative estimate of drug-likeness (QED) is 0.692. The fourth-order valence-electron chi connectivity index (χ4n) is 2.58. The first-order valence-electron chi connectivity index (χ1n) is 6.75. The molecule has 0 saturated heterocycles. The maximum absolute atomic E-state index is 11.5. The molecule has 1 aromatic heterocycles. The van der Waals surface area contributed by atoms with Crippen molar-refractivity contribution in [1.29, 1.82) is 0 Å². The highest BCUT2D eigenvalue weighted by Crippen LogP contribution is 2.36. The summed E-state index contributed by atoms with van der Waals surface area (Å²) in [6.07, 6.45) is 4.85. The van der Waals surface area contributed by atoms with Crippen molar-refractivity contribution in [3.63, 3.8) is 0 Å². The van der Waals surface area contributed by atoms with Gasteiger partial charge in [0, 0.05) is 11.9 Å². The normalized spacial score (nSPS) is 16.3. The van der Waals surface area contributed by atoms with Crippen molar-refractivity contribution in [2.75, 3.05) is 12.8 Å². The van der Waals surface area contributed by atoms with Crippen molar-refractivity contribution < 1.29 is 14.3 Å². The van der Waals surface area contributed by atoms with Gasteiger partial charge in [0.15, 0.2) is 0 Å². The van der Waals surface area contributed by atoms with Crippen LogP contribution in [-0.4, -0.2) is 18.1 Å². The molecule has 3 rings (SSSR count). The van der Waals surface area contributed by atoms with Gasteiger partial charge in [-0.3, -0.25) is 4.98 Å². The third-order valence-electron chi connectivity index (χ3n) is 3.61. The van der Waals surface area contributed by atoms with Gasteiger partial charge in [-0.1, -0.05) is 6.07 Å². The molecule has 0 saturated carbocycles. The highest BCUT2D eigenvalue weighted by molar-refractivity contribution is 5.89. The molecule has 1 aliphatic carbocycles. The number of esters is 1. The Labute approximate surface area is 122 Å². The first-order chi connectivity index (χ1) is 10.2.